The summed E-state index contributed by atoms with van der Waals surface area (Å²) in [6.07, 6.45) is 2.68. The van der Waals surface area contributed by atoms with Crippen LogP contribution >= 0.6 is 0 Å². The minimum Gasteiger partial charge on any atom is -0.370 e. The molecule has 5 nitrogen and oxygen atoms in total. The van der Waals surface area contributed by atoms with E-state index in [1.807, 2.05) is 20.2 Å². The van der Waals surface area contributed by atoms with Gasteiger partial charge in [0.15, 0.2) is 0 Å². The SMILES string of the molecule is CCN(C)c1cc(NCCCNC)ncn1. The molecule has 0 saturated carbocycles. The van der Waals surface area contributed by atoms with E-state index in [1.165, 1.54) is 0 Å². The predicted octanol–water partition coefficient (Wildman–Crippen LogP) is 0.954. The number of nitrogens with zero attached hydrogens (tertiary/aromatic N) is 3. The van der Waals surface area contributed by atoms with Gasteiger partial charge in [-0.2, -0.15) is 0 Å². The maximum absolute atomic E-state index is 4.22. The monoisotopic (exact) mass is 223 g/mol. The average Bonchev–Trinajstić information content (AvgIpc) is 2.34. The lowest BCUT2D eigenvalue weighted by atomic mass is 10.4. The summed E-state index contributed by atoms with van der Waals surface area (Å²) in [6, 6.07) is 1.98. The van der Waals surface area contributed by atoms with E-state index < -0.39 is 0 Å². The van der Waals surface area contributed by atoms with Gasteiger partial charge in [-0.3, -0.25) is 0 Å². The Labute approximate surface area is 97.3 Å². The molecule has 0 saturated heterocycles. The molecule has 1 heterocycles. The lowest BCUT2D eigenvalue weighted by Gasteiger charge is -2.15. The van der Waals surface area contributed by atoms with Gasteiger partial charge < -0.3 is 15.5 Å². The van der Waals surface area contributed by atoms with Gasteiger partial charge in [0.25, 0.3) is 0 Å². The van der Waals surface area contributed by atoms with Crippen molar-refractivity contribution in [3.05, 3.63) is 12.4 Å². The standard InChI is InChI=1S/C11H21N5/c1-4-16(3)11-8-10(14-9-15-11)13-7-5-6-12-2/h8-9,12H,4-7H2,1-3H3,(H,13,14,15). The zero-order valence-corrected chi connectivity index (χ0v) is 10.3. The number of nitrogens with one attached hydrogen (secondary N) is 2. The van der Waals surface area contributed by atoms with Crippen molar-refractivity contribution in [1.82, 2.24) is 15.3 Å². The summed E-state index contributed by atoms with van der Waals surface area (Å²) in [5.41, 5.74) is 0. The molecule has 0 aliphatic carbocycles. The summed E-state index contributed by atoms with van der Waals surface area (Å²) in [6.45, 7) is 4.98. The lowest BCUT2D eigenvalue weighted by molar-refractivity contribution is 0.746. The van der Waals surface area contributed by atoms with Crippen LogP contribution in [0.5, 0.6) is 0 Å². The fourth-order valence-corrected chi connectivity index (χ4v) is 1.30. The van der Waals surface area contributed by atoms with Crippen molar-refractivity contribution in [2.45, 2.75) is 13.3 Å². The van der Waals surface area contributed by atoms with Crippen molar-refractivity contribution in [2.75, 3.05) is 43.9 Å². The molecule has 0 amide bonds. The first-order valence-electron chi connectivity index (χ1n) is 5.69. The second-order valence-electron chi connectivity index (χ2n) is 3.66. The van der Waals surface area contributed by atoms with E-state index in [0.29, 0.717) is 0 Å². The van der Waals surface area contributed by atoms with E-state index in [2.05, 4.69) is 32.4 Å². The number of hydrogen-bond acceptors (Lipinski definition) is 5. The summed E-state index contributed by atoms with van der Waals surface area (Å²) in [4.78, 5) is 10.5. The summed E-state index contributed by atoms with van der Waals surface area (Å²) in [5.74, 6) is 1.84. The third kappa shape index (κ3) is 4.02. The molecule has 0 unspecified atom stereocenters. The minimum atomic E-state index is 0.890. The van der Waals surface area contributed by atoms with E-state index in [1.54, 1.807) is 6.33 Å². The molecular formula is C11H21N5. The Hall–Kier alpha value is -1.36. The van der Waals surface area contributed by atoms with Crippen molar-refractivity contribution in [3.8, 4) is 0 Å². The molecule has 16 heavy (non-hydrogen) atoms. The fourth-order valence-electron chi connectivity index (χ4n) is 1.30. The maximum Gasteiger partial charge on any atom is 0.133 e. The highest BCUT2D eigenvalue weighted by molar-refractivity contribution is 5.47. The summed E-state index contributed by atoms with van der Waals surface area (Å²) < 4.78 is 0. The van der Waals surface area contributed by atoms with E-state index in [9.17, 15) is 0 Å². The average molecular weight is 223 g/mol. The van der Waals surface area contributed by atoms with Crippen molar-refractivity contribution in [2.24, 2.45) is 0 Å². The van der Waals surface area contributed by atoms with Crippen LogP contribution in [0.15, 0.2) is 12.4 Å². The highest BCUT2D eigenvalue weighted by Crippen LogP contribution is 2.11. The van der Waals surface area contributed by atoms with Crippen LogP contribution in [0.2, 0.25) is 0 Å². The minimum absolute atomic E-state index is 0.890. The molecular weight excluding hydrogens is 202 g/mol. The molecule has 0 aliphatic heterocycles. The highest BCUT2D eigenvalue weighted by Gasteiger charge is 2.01. The third-order valence-corrected chi connectivity index (χ3v) is 2.43. The van der Waals surface area contributed by atoms with Crippen LogP contribution in [0, 0.1) is 0 Å². The number of aromatic nitrogens is 2. The van der Waals surface area contributed by atoms with Crippen LogP contribution in [0.3, 0.4) is 0 Å². The molecule has 1 aromatic rings. The van der Waals surface area contributed by atoms with Crippen LogP contribution in [0.4, 0.5) is 11.6 Å². The van der Waals surface area contributed by atoms with Gasteiger partial charge in [-0.15, -0.1) is 0 Å². The Kier molecular flexibility index (Phi) is 5.56. The van der Waals surface area contributed by atoms with Crippen LogP contribution in [0.1, 0.15) is 13.3 Å². The normalized spacial score (nSPS) is 10.2. The van der Waals surface area contributed by atoms with Gasteiger partial charge >= 0.3 is 0 Å². The summed E-state index contributed by atoms with van der Waals surface area (Å²) >= 11 is 0. The topological polar surface area (TPSA) is 53.1 Å². The van der Waals surface area contributed by atoms with E-state index >= 15 is 0 Å². The first kappa shape index (κ1) is 12.7. The zero-order valence-electron chi connectivity index (χ0n) is 10.3. The van der Waals surface area contributed by atoms with Crippen LogP contribution in [-0.4, -0.2) is 43.7 Å². The van der Waals surface area contributed by atoms with Gasteiger partial charge in [0.05, 0.1) is 0 Å². The maximum atomic E-state index is 4.22. The Morgan fingerprint density at radius 1 is 1.31 bits per heavy atom. The van der Waals surface area contributed by atoms with Crippen molar-refractivity contribution >= 4 is 11.6 Å². The number of hydrogen-bond donors (Lipinski definition) is 2. The molecule has 0 bridgehead atoms. The Bertz CT molecular complexity index is 302. The molecule has 1 rings (SSSR count). The van der Waals surface area contributed by atoms with Gasteiger partial charge in [0, 0.05) is 26.2 Å². The Balaban J connectivity index is 2.47. The predicted molar refractivity (Wildman–Crippen MR) is 68.0 cm³/mol. The Morgan fingerprint density at radius 3 is 2.81 bits per heavy atom. The molecule has 5 heteroatoms. The first-order valence-corrected chi connectivity index (χ1v) is 5.69. The molecule has 0 atom stereocenters. The van der Waals surface area contributed by atoms with Crippen molar-refractivity contribution in [3.63, 3.8) is 0 Å². The van der Waals surface area contributed by atoms with Gasteiger partial charge in [-0.1, -0.05) is 0 Å². The molecule has 2 N–H and O–H groups in total. The van der Waals surface area contributed by atoms with Gasteiger partial charge in [0.2, 0.25) is 0 Å². The van der Waals surface area contributed by atoms with Gasteiger partial charge in [0.1, 0.15) is 18.0 Å². The third-order valence-electron chi connectivity index (χ3n) is 2.43. The second-order valence-corrected chi connectivity index (χ2v) is 3.66. The molecule has 90 valence electrons. The van der Waals surface area contributed by atoms with Gasteiger partial charge in [-0.25, -0.2) is 9.97 Å². The first-order chi connectivity index (χ1) is 7.77. The number of anilines is 2. The zero-order chi connectivity index (χ0) is 11.8. The molecule has 0 aliphatic rings. The molecule has 1 aromatic heterocycles. The van der Waals surface area contributed by atoms with Crippen LogP contribution < -0.4 is 15.5 Å². The van der Waals surface area contributed by atoms with Crippen LogP contribution in [-0.2, 0) is 0 Å². The summed E-state index contributed by atoms with van der Waals surface area (Å²) in [7, 11) is 3.98. The van der Waals surface area contributed by atoms with E-state index in [-0.39, 0.29) is 0 Å². The van der Waals surface area contributed by atoms with Crippen molar-refractivity contribution in [1.29, 1.82) is 0 Å². The number of rotatable bonds is 7. The smallest absolute Gasteiger partial charge is 0.133 e. The second kappa shape index (κ2) is 7.00. The highest BCUT2D eigenvalue weighted by atomic mass is 15.2. The van der Waals surface area contributed by atoms with Crippen LogP contribution in [0.25, 0.3) is 0 Å². The largest absolute Gasteiger partial charge is 0.370 e. The molecule has 0 radical (unpaired) electrons. The summed E-state index contributed by atoms with van der Waals surface area (Å²) in [5, 5.41) is 6.39. The van der Waals surface area contributed by atoms with E-state index in [0.717, 1.165) is 37.7 Å². The van der Waals surface area contributed by atoms with E-state index in [4.69, 9.17) is 0 Å². The lowest BCUT2D eigenvalue weighted by Crippen LogP contribution is -2.18. The molecule has 0 spiro atoms. The molecule has 0 aromatic carbocycles. The van der Waals surface area contributed by atoms with Crippen molar-refractivity contribution < 1.29 is 0 Å². The quantitative estimate of drug-likeness (QED) is 0.674. The Morgan fingerprint density at radius 2 is 2.12 bits per heavy atom. The van der Waals surface area contributed by atoms with Gasteiger partial charge in [-0.05, 0) is 26.9 Å². The fraction of sp³-hybridized carbons (Fsp3) is 0.636. The molecule has 0 fully saturated rings.